The molecular formula is C23H27NO4. The molecule has 148 valence electrons. The summed E-state index contributed by atoms with van der Waals surface area (Å²) in [6, 6.07) is 16.5. The standard InChI is InChI=1S/C23H27NO4/c25-12-9-22(16-10-13-27-14-11-16)24-23(26)28-15-21-19-7-3-1-5-17(19)18-6-2-4-8-20(18)21/h1-8,16,21-22,25H,9-15H2,(H,24,26). The SMILES string of the molecule is O=C(NC(CCO)C1CCOCC1)OCC1c2ccccc2-c2ccccc21. The Morgan fingerprint density at radius 2 is 1.68 bits per heavy atom. The van der Waals surface area contributed by atoms with E-state index in [0.29, 0.717) is 32.2 Å². The summed E-state index contributed by atoms with van der Waals surface area (Å²) < 4.78 is 11.1. The summed E-state index contributed by atoms with van der Waals surface area (Å²) in [5, 5.41) is 12.4. The fraction of sp³-hybridized carbons (Fsp3) is 0.435. The molecule has 2 aliphatic rings. The van der Waals surface area contributed by atoms with Crippen LogP contribution in [-0.4, -0.2) is 43.7 Å². The van der Waals surface area contributed by atoms with Crippen LogP contribution in [-0.2, 0) is 9.47 Å². The van der Waals surface area contributed by atoms with Crippen molar-refractivity contribution in [3.05, 3.63) is 59.7 Å². The average molecular weight is 381 g/mol. The number of ether oxygens (including phenoxy) is 2. The van der Waals surface area contributed by atoms with Gasteiger partial charge in [0.15, 0.2) is 0 Å². The Balaban J connectivity index is 1.41. The maximum atomic E-state index is 12.5. The maximum Gasteiger partial charge on any atom is 0.407 e. The largest absolute Gasteiger partial charge is 0.449 e. The Labute approximate surface area is 165 Å². The molecular weight excluding hydrogens is 354 g/mol. The molecule has 1 unspecified atom stereocenters. The van der Waals surface area contributed by atoms with E-state index < -0.39 is 6.09 Å². The van der Waals surface area contributed by atoms with E-state index in [1.54, 1.807) is 0 Å². The molecule has 0 aromatic heterocycles. The molecule has 0 bridgehead atoms. The minimum atomic E-state index is -0.410. The van der Waals surface area contributed by atoms with Crippen LogP contribution < -0.4 is 5.32 Å². The van der Waals surface area contributed by atoms with Gasteiger partial charge in [0.2, 0.25) is 0 Å². The molecule has 1 fully saturated rings. The Hall–Kier alpha value is -2.37. The molecule has 2 N–H and O–H groups in total. The van der Waals surface area contributed by atoms with Crippen molar-refractivity contribution in [2.24, 2.45) is 5.92 Å². The van der Waals surface area contributed by atoms with Crippen molar-refractivity contribution in [3.8, 4) is 11.1 Å². The molecule has 0 spiro atoms. The fourth-order valence-corrected chi connectivity index (χ4v) is 4.47. The molecule has 1 atom stereocenters. The highest BCUT2D eigenvalue weighted by atomic mass is 16.5. The molecule has 5 nitrogen and oxygen atoms in total. The first-order valence-electron chi connectivity index (χ1n) is 10.1. The van der Waals surface area contributed by atoms with Gasteiger partial charge in [-0.1, -0.05) is 48.5 Å². The number of carbonyl (C=O) groups is 1. The molecule has 5 heteroatoms. The van der Waals surface area contributed by atoms with Gasteiger partial charge in [0.1, 0.15) is 6.61 Å². The second-order valence-corrected chi connectivity index (χ2v) is 7.54. The third-order valence-electron chi connectivity index (χ3n) is 5.92. The lowest BCUT2D eigenvalue weighted by Gasteiger charge is -2.30. The van der Waals surface area contributed by atoms with Crippen LogP contribution >= 0.6 is 0 Å². The second kappa shape index (κ2) is 8.76. The van der Waals surface area contributed by atoms with Crippen LogP contribution in [0, 0.1) is 5.92 Å². The Morgan fingerprint density at radius 1 is 1.07 bits per heavy atom. The minimum absolute atomic E-state index is 0.0473. The Morgan fingerprint density at radius 3 is 2.29 bits per heavy atom. The molecule has 2 aromatic rings. The zero-order chi connectivity index (χ0) is 19.3. The second-order valence-electron chi connectivity index (χ2n) is 7.54. The van der Waals surface area contributed by atoms with E-state index in [2.05, 4.69) is 29.6 Å². The predicted molar refractivity (Wildman–Crippen MR) is 107 cm³/mol. The van der Waals surface area contributed by atoms with Crippen LogP contribution in [0.15, 0.2) is 48.5 Å². The summed E-state index contributed by atoms with van der Waals surface area (Å²) in [6.45, 7) is 1.77. The lowest BCUT2D eigenvalue weighted by atomic mass is 9.90. The number of aliphatic hydroxyl groups excluding tert-OH is 1. The smallest absolute Gasteiger partial charge is 0.407 e. The average Bonchev–Trinajstić information content (AvgIpc) is 3.06. The Bertz CT molecular complexity index is 770. The normalized spacial score (nSPS) is 17.6. The summed E-state index contributed by atoms with van der Waals surface area (Å²) in [6.07, 6.45) is 1.92. The zero-order valence-corrected chi connectivity index (χ0v) is 16.0. The molecule has 1 aliphatic carbocycles. The lowest BCUT2D eigenvalue weighted by molar-refractivity contribution is 0.0480. The number of aliphatic hydroxyl groups is 1. The van der Waals surface area contributed by atoms with Crippen molar-refractivity contribution in [2.75, 3.05) is 26.4 Å². The molecule has 2 aromatic carbocycles. The van der Waals surface area contributed by atoms with Crippen molar-refractivity contribution in [2.45, 2.75) is 31.2 Å². The first-order chi connectivity index (χ1) is 13.8. The van der Waals surface area contributed by atoms with Gasteiger partial charge in [-0.2, -0.15) is 0 Å². The zero-order valence-electron chi connectivity index (χ0n) is 16.0. The van der Waals surface area contributed by atoms with Crippen molar-refractivity contribution in [1.82, 2.24) is 5.32 Å². The molecule has 1 aliphatic heterocycles. The Kier molecular flexibility index (Phi) is 5.93. The molecule has 4 rings (SSSR count). The molecule has 1 heterocycles. The minimum Gasteiger partial charge on any atom is -0.449 e. The third-order valence-corrected chi connectivity index (χ3v) is 5.92. The van der Waals surface area contributed by atoms with Gasteiger partial charge >= 0.3 is 6.09 Å². The van der Waals surface area contributed by atoms with Crippen molar-refractivity contribution in [1.29, 1.82) is 0 Å². The number of hydrogen-bond acceptors (Lipinski definition) is 4. The molecule has 28 heavy (non-hydrogen) atoms. The van der Waals surface area contributed by atoms with Gasteiger partial charge in [0.05, 0.1) is 0 Å². The summed E-state index contributed by atoms with van der Waals surface area (Å²) in [4.78, 5) is 12.5. The van der Waals surface area contributed by atoms with E-state index in [1.165, 1.54) is 22.3 Å². The van der Waals surface area contributed by atoms with Gasteiger partial charge in [-0.05, 0) is 47.4 Å². The third kappa shape index (κ3) is 3.91. The van der Waals surface area contributed by atoms with Gasteiger partial charge in [-0.25, -0.2) is 4.79 Å². The molecule has 0 radical (unpaired) electrons. The fourth-order valence-electron chi connectivity index (χ4n) is 4.47. The van der Waals surface area contributed by atoms with Crippen molar-refractivity contribution in [3.63, 3.8) is 0 Å². The lowest BCUT2D eigenvalue weighted by Crippen LogP contribution is -2.43. The number of alkyl carbamates (subject to hydrolysis) is 1. The van der Waals surface area contributed by atoms with Gasteiger partial charge in [0.25, 0.3) is 0 Å². The van der Waals surface area contributed by atoms with Crippen molar-refractivity contribution < 1.29 is 19.4 Å². The number of benzene rings is 2. The first-order valence-corrected chi connectivity index (χ1v) is 10.1. The number of nitrogens with one attached hydrogen (secondary N) is 1. The van der Waals surface area contributed by atoms with Gasteiger partial charge in [-0.15, -0.1) is 0 Å². The van der Waals surface area contributed by atoms with E-state index in [0.717, 1.165) is 12.8 Å². The van der Waals surface area contributed by atoms with Crippen LogP contribution in [0.3, 0.4) is 0 Å². The van der Waals surface area contributed by atoms with E-state index >= 15 is 0 Å². The number of fused-ring (bicyclic) bond motifs is 3. The van der Waals surface area contributed by atoms with Gasteiger partial charge in [-0.3, -0.25) is 0 Å². The van der Waals surface area contributed by atoms with Crippen LogP contribution in [0.2, 0.25) is 0 Å². The maximum absolute atomic E-state index is 12.5. The number of hydrogen-bond donors (Lipinski definition) is 2. The highest BCUT2D eigenvalue weighted by Crippen LogP contribution is 2.44. The van der Waals surface area contributed by atoms with Crippen LogP contribution in [0.25, 0.3) is 11.1 Å². The van der Waals surface area contributed by atoms with E-state index in [-0.39, 0.29) is 18.6 Å². The number of amides is 1. The van der Waals surface area contributed by atoms with Crippen LogP contribution in [0.1, 0.15) is 36.3 Å². The highest BCUT2D eigenvalue weighted by Gasteiger charge is 2.30. The van der Waals surface area contributed by atoms with E-state index in [4.69, 9.17) is 9.47 Å². The van der Waals surface area contributed by atoms with Crippen LogP contribution in [0.4, 0.5) is 4.79 Å². The van der Waals surface area contributed by atoms with E-state index in [9.17, 15) is 9.90 Å². The summed E-state index contributed by atoms with van der Waals surface area (Å²) in [5.74, 6) is 0.374. The summed E-state index contributed by atoms with van der Waals surface area (Å²) in [7, 11) is 0. The van der Waals surface area contributed by atoms with Gasteiger partial charge in [0, 0.05) is 31.8 Å². The molecule has 1 saturated heterocycles. The van der Waals surface area contributed by atoms with Crippen LogP contribution in [0.5, 0.6) is 0 Å². The van der Waals surface area contributed by atoms with E-state index in [1.807, 2.05) is 24.3 Å². The monoisotopic (exact) mass is 381 g/mol. The van der Waals surface area contributed by atoms with Gasteiger partial charge < -0.3 is 19.9 Å². The summed E-state index contributed by atoms with van der Waals surface area (Å²) in [5.41, 5.74) is 4.83. The molecule has 0 saturated carbocycles. The predicted octanol–water partition coefficient (Wildman–Crippen LogP) is 3.70. The van der Waals surface area contributed by atoms with Crippen molar-refractivity contribution >= 4 is 6.09 Å². The molecule has 1 amide bonds. The first kappa shape index (κ1) is 19.0. The summed E-state index contributed by atoms with van der Waals surface area (Å²) >= 11 is 0. The number of carbonyl (C=O) groups excluding carboxylic acids is 1. The number of rotatable bonds is 6. The topological polar surface area (TPSA) is 67.8 Å². The quantitative estimate of drug-likeness (QED) is 0.801. The highest BCUT2D eigenvalue weighted by molar-refractivity contribution is 5.79.